The van der Waals surface area contributed by atoms with Gasteiger partial charge in [0.15, 0.2) is 0 Å². The first kappa shape index (κ1) is 15.0. The third-order valence-corrected chi connectivity index (χ3v) is 0.933. The Hall–Kier alpha value is -0.540. The molecule has 3 nitrogen and oxygen atoms in total. The van der Waals surface area contributed by atoms with Crippen molar-refractivity contribution in [2.24, 2.45) is 5.73 Å². The second-order valence-electron chi connectivity index (χ2n) is 2.89. The zero-order valence-corrected chi connectivity index (χ0v) is 9.63. The van der Waals surface area contributed by atoms with E-state index in [1.807, 2.05) is 20.2 Å². The van der Waals surface area contributed by atoms with Gasteiger partial charge in [0, 0.05) is 14.1 Å². The summed E-state index contributed by atoms with van der Waals surface area (Å²) in [6.45, 7) is 6.76. The Bertz CT molecular complexity index is 122. The van der Waals surface area contributed by atoms with Crippen LogP contribution < -0.4 is 5.73 Å². The highest BCUT2D eigenvalue weighted by Crippen LogP contribution is 1.97. The van der Waals surface area contributed by atoms with Crippen LogP contribution in [0.2, 0.25) is 0 Å². The molecule has 0 aliphatic heterocycles. The maximum Gasteiger partial charge on any atom is 0.134 e. The molecule has 0 bridgehead atoms. The van der Waals surface area contributed by atoms with Crippen LogP contribution in [0, 0.1) is 0 Å². The van der Waals surface area contributed by atoms with E-state index in [2.05, 4.69) is 20.8 Å². The van der Waals surface area contributed by atoms with E-state index in [9.17, 15) is 0 Å². The van der Waals surface area contributed by atoms with E-state index < -0.39 is 0 Å². The van der Waals surface area contributed by atoms with Gasteiger partial charge in [0.05, 0.1) is 6.54 Å². The van der Waals surface area contributed by atoms with Gasteiger partial charge in [0.25, 0.3) is 0 Å². The lowest BCUT2D eigenvalue weighted by Crippen LogP contribution is -2.16. The van der Waals surface area contributed by atoms with Gasteiger partial charge in [-0.1, -0.05) is 27.2 Å². The lowest BCUT2D eigenvalue weighted by atomic mass is 10.4. The number of hydrogen-bond donors (Lipinski definition) is 1. The van der Waals surface area contributed by atoms with Crippen molar-refractivity contribution in [3.05, 3.63) is 11.8 Å². The lowest BCUT2D eigenvalue weighted by molar-refractivity contribution is -0.0745. The first-order chi connectivity index (χ1) is 6.12. The maximum absolute atomic E-state index is 5.39. The van der Waals surface area contributed by atoms with Crippen LogP contribution in [0.3, 0.4) is 0 Å². The molecule has 0 spiro atoms. The minimum atomic E-state index is 0.464. The summed E-state index contributed by atoms with van der Waals surface area (Å²) >= 11 is 0. The monoisotopic (exact) mass is 188 g/mol. The zero-order valence-electron chi connectivity index (χ0n) is 9.63. The van der Waals surface area contributed by atoms with Crippen LogP contribution in [-0.2, 0) is 4.84 Å². The van der Waals surface area contributed by atoms with Gasteiger partial charge in [-0.25, -0.2) is 0 Å². The Kier molecular flexibility index (Phi) is 13.2. The minimum absolute atomic E-state index is 0.464. The molecule has 0 atom stereocenters. The summed E-state index contributed by atoms with van der Waals surface area (Å²) in [7, 11) is 3.66. The maximum atomic E-state index is 5.39. The smallest absolute Gasteiger partial charge is 0.134 e. The molecule has 0 saturated carbocycles. The predicted molar refractivity (Wildman–Crippen MR) is 58.2 cm³/mol. The number of nitrogens with two attached hydrogens (primary N) is 1. The van der Waals surface area contributed by atoms with Crippen LogP contribution >= 0.6 is 0 Å². The molecule has 0 aliphatic rings. The summed E-state index contributed by atoms with van der Waals surface area (Å²) in [6.07, 6.45) is 4.18. The molecule has 80 valence electrons. The molecule has 13 heavy (non-hydrogen) atoms. The van der Waals surface area contributed by atoms with E-state index in [1.165, 1.54) is 6.42 Å². The highest BCUT2D eigenvalue weighted by molar-refractivity contribution is 4.92. The summed E-state index contributed by atoms with van der Waals surface area (Å²) in [5.74, 6) is 0.826. The fourth-order valence-electron chi connectivity index (χ4n) is 0.620. The second-order valence-corrected chi connectivity index (χ2v) is 2.89. The summed E-state index contributed by atoms with van der Waals surface area (Å²) < 4.78 is 0. The number of hydrogen-bond acceptors (Lipinski definition) is 3. The van der Waals surface area contributed by atoms with Gasteiger partial charge in [-0.05, 0) is 12.5 Å². The summed E-state index contributed by atoms with van der Waals surface area (Å²) in [6, 6.07) is 0. The first-order valence-electron chi connectivity index (χ1n) is 4.86. The van der Waals surface area contributed by atoms with Crippen molar-refractivity contribution in [2.75, 3.05) is 20.6 Å². The van der Waals surface area contributed by atoms with Crippen molar-refractivity contribution in [1.82, 2.24) is 5.06 Å². The standard InChI is InChI=1S/C7H16N2O.C3H8/c1-4-5-7(6-8)10-9(2)3;1-3-2/h5H,4,6,8H2,1-3H3;3H2,1-2H3/b7-5-;. The number of hydroxylamine groups is 2. The Balaban J connectivity index is 0. The molecule has 2 N–H and O–H groups in total. The summed E-state index contributed by atoms with van der Waals surface area (Å²) in [5, 5.41) is 1.63. The molecule has 3 heteroatoms. The molecule has 0 fully saturated rings. The van der Waals surface area contributed by atoms with E-state index in [1.54, 1.807) is 5.06 Å². The average molecular weight is 188 g/mol. The van der Waals surface area contributed by atoms with Crippen LogP contribution in [0.15, 0.2) is 11.8 Å². The van der Waals surface area contributed by atoms with Crippen molar-refractivity contribution in [3.63, 3.8) is 0 Å². The van der Waals surface area contributed by atoms with E-state index in [0.29, 0.717) is 6.54 Å². The number of allylic oxidation sites excluding steroid dienone is 1. The van der Waals surface area contributed by atoms with E-state index in [-0.39, 0.29) is 0 Å². The Morgan fingerprint density at radius 3 is 2.00 bits per heavy atom. The largest absolute Gasteiger partial charge is 0.410 e. The fraction of sp³-hybridized carbons (Fsp3) is 0.800. The quantitative estimate of drug-likeness (QED) is 0.542. The molecule has 0 radical (unpaired) electrons. The Morgan fingerprint density at radius 1 is 1.31 bits per heavy atom. The molecule has 0 saturated heterocycles. The van der Waals surface area contributed by atoms with Crippen LogP contribution in [0.1, 0.15) is 33.6 Å². The third-order valence-electron chi connectivity index (χ3n) is 0.933. The lowest BCUT2D eigenvalue weighted by Gasteiger charge is -2.13. The average Bonchev–Trinajstić information content (AvgIpc) is 2.04. The second kappa shape index (κ2) is 11.5. The van der Waals surface area contributed by atoms with Gasteiger partial charge in [-0.15, -0.1) is 0 Å². The van der Waals surface area contributed by atoms with E-state index in [0.717, 1.165) is 12.2 Å². The predicted octanol–water partition coefficient (Wildman–Crippen LogP) is 2.15. The van der Waals surface area contributed by atoms with Gasteiger partial charge < -0.3 is 10.6 Å². The van der Waals surface area contributed by atoms with Crippen molar-refractivity contribution in [1.29, 1.82) is 0 Å². The molecule has 0 heterocycles. The van der Waals surface area contributed by atoms with Crippen LogP contribution in [-0.4, -0.2) is 25.7 Å². The molecular weight excluding hydrogens is 164 g/mol. The third kappa shape index (κ3) is 14.3. The normalized spacial score (nSPS) is 10.8. The summed E-state index contributed by atoms with van der Waals surface area (Å²) in [4.78, 5) is 5.21. The first-order valence-corrected chi connectivity index (χ1v) is 4.86. The highest BCUT2D eigenvalue weighted by Gasteiger charge is 1.94. The topological polar surface area (TPSA) is 38.5 Å². The fourth-order valence-corrected chi connectivity index (χ4v) is 0.620. The summed E-state index contributed by atoms with van der Waals surface area (Å²) in [5.41, 5.74) is 5.39. The number of nitrogens with zero attached hydrogens (tertiary/aromatic N) is 1. The SMILES string of the molecule is CC/C=C(/CN)ON(C)C.CCC. The van der Waals surface area contributed by atoms with Crippen molar-refractivity contribution < 1.29 is 4.84 Å². The highest BCUT2D eigenvalue weighted by atomic mass is 16.7. The minimum Gasteiger partial charge on any atom is -0.410 e. The molecular formula is C10H24N2O. The molecule has 0 aromatic rings. The molecule has 0 aliphatic carbocycles. The van der Waals surface area contributed by atoms with Crippen molar-refractivity contribution >= 4 is 0 Å². The Morgan fingerprint density at radius 2 is 1.77 bits per heavy atom. The van der Waals surface area contributed by atoms with Gasteiger partial charge in [-0.3, -0.25) is 0 Å². The van der Waals surface area contributed by atoms with E-state index in [4.69, 9.17) is 10.6 Å². The van der Waals surface area contributed by atoms with Crippen LogP contribution in [0.5, 0.6) is 0 Å². The Labute approximate surface area is 82.5 Å². The molecule has 0 aromatic carbocycles. The molecule has 0 amide bonds. The van der Waals surface area contributed by atoms with Crippen molar-refractivity contribution in [2.45, 2.75) is 33.6 Å². The van der Waals surface area contributed by atoms with Crippen LogP contribution in [0.4, 0.5) is 0 Å². The molecule has 0 unspecified atom stereocenters. The zero-order chi connectivity index (χ0) is 10.7. The van der Waals surface area contributed by atoms with Gasteiger partial charge in [0.2, 0.25) is 0 Å². The van der Waals surface area contributed by atoms with Crippen LogP contribution in [0.25, 0.3) is 0 Å². The van der Waals surface area contributed by atoms with E-state index >= 15 is 0 Å². The van der Waals surface area contributed by atoms with Gasteiger partial charge >= 0.3 is 0 Å². The number of rotatable bonds is 4. The van der Waals surface area contributed by atoms with Gasteiger partial charge in [-0.2, -0.15) is 5.06 Å². The van der Waals surface area contributed by atoms with Gasteiger partial charge in [0.1, 0.15) is 5.76 Å². The van der Waals surface area contributed by atoms with Crippen molar-refractivity contribution in [3.8, 4) is 0 Å². The molecule has 0 rings (SSSR count). The molecule has 0 aromatic heterocycles.